The fourth-order valence-electron chi connectivity index (χ4n) is 1.69. The lowest BCUT2D eigenvalue weighted by molar-refractivity contribution is 0.0949. The number of nitrogens with one attached hydrogen (secondary N) is 1. The van der Waals surface area contributed by atoms with Crippen molar-refractivity contribution in [3.8, 4) is 5.75 Å². The first kappa shape index (κ1) is 13.2. The van der Waals surface area contributed by atoms with Crippen molar-refractivity contribution in [3.05, 3.63) is 53.0 Å². The van der Waals surface area contributed by atoms with E-state index >= 15 is 0 Å². The molecule has 19 heavy (non-hydrogen) atoms. The first-order chi connectivity index (χ1) is 9.11. The average molecular weight is 260 g/mol. The molecule has 1 amide bonds. The molecular formula is C14H16N2O3. The number of ether oxygens (including phenoxy) is 1. The predicted octanol–water partition coefficient (Wildman–Crippen LogP) is 2.08. The molecule has 5 heteroatoms. The molecule has 1 heterocycles. The second-order valence-corrected chi connectivity index (χ2v) is 4.27. The van der Waals surface area contributed by atoms with Gasteiger partial charge in [-0.15, -0.1) is 0 Å². The van der Waals surface area contributed by atoms with Gasteiger partial charge in [-0.05, 0) is 43.2 Å². The molecule has 0 saturated heterocycles. The van der Waals surface area contributed by atoms with E-state index in [9.17, 15) is 4.79 Å². The van der Waals surface area contributed by atoms with Crippen LogP contribution in [0.3, 0.4) is 0 Å². The Balaban J connectivity index is 2.08. The Morgan fingerprint density at radius 3 is 2.79 bits per heavy atom. The summed E-state index contributed by atoms with van der Waals surface area (Å²) in [6.45, 7) is 4.23. The van der Waals surface area contributed by atoms with Crippen LogP contribution in [0.2, 0.25) is 0 Å². The highest BCUT2D eigenvalue weighted by Crippen LogP contribution is 2.19. The van der Waals surface area contributed by atoms with Crippen molar-refractivity contribution in [3.63, 3.8) is 0 Å². The fraction of sp³-hybridized carbons (Fsp3) is 0.214. The highest BCUT2D eigenvalue weighted by molar-refractivity contribution is 5.94. The summed E-state index contributed by atoms with van der Waals surface area (Å²) >= 11 is 0. The zero-order chi connectivity index (χ0) is 13.8. The van der Waals surface area contributed by atoms with Crippen LogP contribution in [-0.2, 0) is 6.61 Å². The van der Waals surface area contributed by atoms with E-state index in [0.29, 0.717) is 11.3 Å². The molecule has 0 spiro atoms. The molecule has 2 aromatic rings. The van der Waals surface area contributed by atoms with Crippen molar-refractivity contribution in [2.75, 3.05) is 0 Å². The van der Waals surface area contributed by atoms with Crippen molar-refractivity contribution < 1.29 is 13.9 Å². The first-order valence-electron chi connectivity index (χ1n) is 5.89. The van der Waals surface area contributed by atoms with E-state index in [0.717, 1.165) is 11.3 Å². The van der Waals surface area contributed by atoms with E-state index in [-0.39, 0.29) is 6.61 Å². The molecule has 0 atom stereocenters. The first-order valence-corrected chi connectivity index (χ1v) is 5.89. The Labute approximate surface area is 111 Å². The minimum Gasteiger partial charge on any atom is -0.486 e. The van der Waals surface area contributed by atoms with Gasteiger partial charge in [-0.2, -0.15) is 0 Å². The lowest BCUT2D eigenvalue weighted by atomic mass is 10.1. The van der Waals surface area contributed by atoms with Crippen LogP contribution in [0.4, 0.5) is 0 Å². The number of amides is 1. The van der Waals surface area contributed by atoms with E-state index in [2.05, 4.69) is 5.43 Å². The second-order valence-electron chi connectivity index (χ2n) is 4.27. The summed E-state index contributed by atoms with van der Waals surface area (Å²) in [5, 5.41) is 0. The molecular weight excluding hydrogens is 244 g/mol. The van der Waals surface area contributed by atoms with E-state index in [1.807, 2.05) is 32.0 Å². The molecule has 0 aliphatic carbocycles. The summed E-state index contributed by atoms with van der Waals surface area (Å²) in [5.41, 5.74) is 4.80. The maximum absolute atomic E-state index is 11.5. The molecule has 0 aliphatic heterocycles. The third-order valence-corrected chi connectivity index (χ3v) is 2.97. The third-order valence-electron chi connectivity index (χ3n) is 2.97. The molecule has 0 radical (unpaired) electrons. The van der Waals surface area contributed by atoms with Crippen LogP contribution in [0.1, 0.15) is 27.2 Å². The summed E-state index contributed by atoms with van der Waals surface area (Å²) in [4.78, 5) is 11.5. The number of benzene rings is 1. The van der Waals surface area contributed by atoms with Crippen molar-refractivity contribution in [2.45, 2.75) is 20.5 Å². The van der Waals surface area contributed by atoms with E-state index < -0.39 is 5.91 Å². The Morgan fingerprint density at radius 1 is 1.32 bits per heavy atom. The zero-order valence-corrected chi connectivity index (χ0v) is 10.9. The Bertz CT molecular complexity index is 590. The van der Waals surface area contributed by atoms with Gasteiger partial charge in [0.25, 0.3) is 5.91 Å². The molecule has 100 valence electrons. The maximum atomic E-state index is 11.5. The summed E-state index contributed by atoms with van der Waals surface area (Å²) in [6, 6.07) is 7.37. The molecule has 3 N–H and O–H groups in total. The van der Waals surface area contributed by atoms with Gasteiger partial charge >= 0.3 is 0 Å². The average Bonchev–Trinajstić information content (AvgIpc) is 2.87. The van der Waals surface area contributed by atoms with Gasteiger partial charge in [-0.3, -0.25) is 10.2 Å². The number of rotatable bonds is 4. The number of hydrogen-bond donors (Lipinski definition) is 2. The van der Waals surface area contributed by atoms with Gasteiger partial charge in [0.1, 0.15) is 12.4 Å². The highest BCUT2D eigenvalue weighted by atomic mass is 16.5. The van der Waals surface area contributed by atoms with Gasteiger partial charge in [-0.25, -0.2) is 5.84 Å². The van der Waals surface area contributed by atoms with Gasteiger partial charge in [0.15, 0.2) is 5.76 Å². The Hall–Kier alpha value is -2.27. The number of furan rings is 1. The zero-order valence-electron chi connectivity index (χ0n) is 10.9. The number of hydrazine groups is 1. The molecule has 0 fully saturated rings. The molecule has 2 rings (SSSR count). The lowest BCUT2D eigenvalue weighted by Gasteiger charge is -2.08. The standard InChI is InChI=1S/C14H16N2O3/c1-9-3-4-11(7-10(9)2)19-8-13-12(5-6-18-13)14(17)16-15/h3-7H,8,15H2,1-2H3,(H,16,17). The minimum atomic E-state index is -0.396. The van der Waals surface area contributed by atoms with Crippen molar-refractivity contribution in [1.82, 2.24) is 5.43 Å². The number of nitrogens with two attached hydrogens (primary N) is 1. The van der Waals surface area contributed by atoms with Gasteiger partial charge < -0.3 is 9.15 Å². The topological polar surface area (TPSA) is 77.5 Å². The van der Waals surface area contributed by atoms with Crippen molar-refractivity contribution >= 4 is 5.91 Å². The largest absolute Gasteiger partial charge is 0.486 e. The quantitative estimate of drug-likeness (QED) is 0.501. The molecule has 0 aliphatic rings. The highest BCUT2D eigenvalue weighted by Gasteiger charge is 2.14. The second kappa shape index (κ2) is 5.58. The molecule has 0 saturated carbocycles. The third kappa shape index (κ3) is 2.95. The van der Waals surface area contributed by atoms with E-state index in [1.165, 1.54) is 11.8 Å². The van der Waals surface area contributed by atoms with Crippen LogP contribution in [0, 0.1) is 13.8 Å². The smallest absolute Gasteiger partial charge is 0.268 e. The van der Waals surface area contributed by atoms with Gasteiger partial charge in [0, 0.05) is 0 Å². The Morgan fingerprint density at radius 2 is 2.11 bits per heavy atom. The number of carbonyl (C=O) groups is 1. The maximum Gasteiger partial charge on any atom is 0.268 e. The van der Waals surface area contributed by atoms with Crippen LogP contribution < -0.4 is 16.0 Å². The van der Waals surface area contributed by atoms with Crippen LogP contribution >= 0.6 is 0 Å². The van der Waals surface area contributed by atoms with E-state index in [4.69, 9.17) is 15.0 Å². The summed E-state index contributed by atoms with van der Waals surface area (Å²) in [6.07, 6.45) is 1.43. The number of aryl methyl sites for hydroxylation is 2. The molecule has 5 nitrogen and oxygen atoms in total. The normalized spacial score (nSPS) is 10.3. The SMILES string of the molecule is Cc1ccc(OCc2occc2C(=O)NN)cc1C. The summed E-state index contributed by atoms with van der Waals surface area (Å²) in [5.74, 6) is 5.88. The molecule has 1 aromatic carbocycles. The van der Waals surface area contributed by atoms with Gasteiger partial charge in [0.05, 0.1) is 11.8 Å². The van der Waals surface area contributed by atoms with E-state index in [1.54, 1.807) is 6.07 Å². The fourth-order valence-corrected chi connectivity index (χ4v) is 1.69. The summed E-state index contributed by atoms with van der Waals surface area (Å²) < 4.78 is 10.8. The van der Waals surface area contributed by atoms with Gasteiger partial charge in [-0.1, -0.05) is 6.07 Å². The lowest BCUT2D eigenvalue weighted by Crippen LogP contribution is -2.30. The predicted molar refractivity (Wildman–Crippen MR) is 70.6 cm³/mol. The number of hydrogen-bond acceptors (Lipinski definition) is 4. The Kier molecular flexibility index (Phi) is 3.87. The van der Waals surface area contributed by atoms with Crippen LogP contribution in [0.15, 0.2) is 34.9 Å². The molecule has 0 bridgehead atoms. The number of nitrogen functional groups attached to an aromatic ring is 1. The van der Waals surface area contributed by atoms with Crippen LogP contribution in [0.5, 0.6) is 5.75 Å². The summed E-state index contributed by atoms with van der Waals surface area (Å²) in [7, 11) is 0. The minimum absolute atomic E-state index is 0.179. The van der Waals surface area contributed by atoms with Crippen molar-refractivity contribution in [2.24, 2.45) is 5.84 Å². The monoisotopic (exact) mass is 260 g/mol. The van der Waals surface area contributed by atoms with Gasteiger partial charge in [0.2, 0.25) is 0 Å². The van der Waals surface area contributed by atoms with Crippen LogP contribution in [-0.4, -0.2) is 5.91 Å². The van der Waals surface area contributed by atoms with Crippen molar-refractivity contribution in [1.29, 1.82) is 0 Å². The number of carbonyl (C=O) groups excluding carboxylic acids is 1. The van der Waals surface area contributed by atoms with Crippen LogP contribution in [0.25, 0.3) is 0 Å². The molecule has 1 aromatic heterocycles. The molecule has 0 unspecified atom stereocenters.